The highest BCUT2D eigenvalue weighted by Gasteiger charge is 2.30. The van der Waals surface area contributed by atoms with E-state index < -0.39 is 28.2 Å². The number of hydrogen-bond donors (Lipinski definition) is 2. The third-order valence-corrected chi connectivity index (χ3v) is 4.97. The summed E-state index contributed by atoms with van der Waals surface area (Å²) in [6, 6.07) is 11.9. The minimum atomic E-state index is -1.79. The van der Waals surface area contributed by atoms with Crippen molar-refractivity contribution in [3.05, 3.63) is 64.2 Å². The van der Waals surface area contributed by atoms with Crippen LogP contribution in [0.1, 0.15) is 24.2 Å². The first kappa shape index (κ1) is 20.4. The second-order valence-corrected chi connectivity index (χ2v) is 6.63. The number of aliphatic carboxylic acids is 1. The van der Waals surface area contributed by atoms with Crippen LogP contribution in [0.15, 0.2) is 53.4 Å². The number of nitrogens with zero attached hydrogens (tertiary/aromatic N) is 1. The predicted molar refractivity (Wildman–Crippen MR) is 97.7 cm³/mol. The van der Waals surface area contributed by atoms with Gasteiger partial charge in [-0.15, -0.1) is 11.8 Å². The van der Waals surface area contributed by atoms with Crippen LogP contribution in [0.4, 0.5) is 5.69 Å². The lowest BCUT2D eigenvalue weighted by Crippen LogP contribution is -2.26. The predicted octanol–water partition coefficient (Wildman–Crippen LogP) is 3.19. The lowest BCUT2D eigenvalue weighted by molar-refractivity contribution is -0.387. The standard InChI is InChI=1S/C18H17NO7S/c1-2-15(20)26-12-9-7-11(8-10-12)17(16(21)18(22)23)27-14-6-4-3-5-13(14)19(24)25/h3-10,16-17,21H,2H2,1H3,(H,22,23). The third kappa shape index (κ3) is 5.28. The van der Waals surface area contributed by atoms with E-state index in [0.29, 0.717) is 5.56 Å². The minimum Gasteiger partial charge on any atom is -0.479 e. The fourth-order valence-electron chi connectivity index (χ4n) is 2.22. The lowest BCUT2D eigenvalue weighted by Gasteiger charge is -2.20. The molecular formula is C18H17NO7S. The maximum atomic E-state index is 11.3. The molecule has 0 radical (unpaired) electrons. The van der Waals surface area contributed by atoms with Crippen molar-refractivity contribution in [3.63, 3.8) is 0 Å². The quantitative estimate of drug-likeness (QED) is 0.231. The van der Waals surface area contributed by atoms with E-state index in [4.69, 9.17) is 4.74 Å². The number of aliphatic hydroxyl groups excluding tert-OH is 1. The fraction of sp³-hybridized carbons (Fsp3) is 0.222. The van der Waals surface area contributed by atoms with Gasteiger partial charge in [0.15, 0.2) is 6.10 Å². The highest BCUT2D eigenvalue weighted by molar-refractivity contribution is 7.99. The number of carboxylic acid groups (broad SMARTS) is 1. The van der Waals surface area contributed by atoms with Crippen LogP contribution >= 0.6 is 11.8 Å². The van der Waals surface area contributed by atoms with Crippen molar-refractivity contribution in [2.24, 2.45) is 0 Å². The van der Waals surface area contributed by atoms with Crippen LogP contribution in [-0.4, -0.2) is 33.2 Å². The summed E-state index contributed by atoms with van der Waals surface area (Å²) < 4.78 is 5.06. The van der Waals surface area contributed by atoms with Crippen molar-refractivity contribution in [2.75, 3.05) is 0 Å². The number of thioether (sulfide) groups is 1. The number of esters is 1. The van der Waals surface area contributed by atoms with E-state index in [9.17, 15) is 29.9 Å². The van der Waals surface area contributed by atoms with Crippen LogP contribution in [0.5, 0.6) is 5.75 Å². The number of carbonyl (C=O) groups is 2. The number of carbonyl (C=O) groups excluding carboxylic acids is 1. The first-order chi connectivity index (χ1) is 12.8. The molecule has 0 aliphatic rings. The molecule has 0 bridgehead atoms. The van der Waals surface area contributed by atoms with Crippen LogP contribution in [-0.2, 0) is 9.59 Å². The van der Waals surface area contributed by atoms with Gasteiger partial charge in [-0.3, -0.25) is 14.9 Å². The molecule has 0 fully saturated rings. The molecule has 0 saturated carbocycles. The van der Waals surface area contributed by atoms with Gasteiger partial charge in [0, 0.05) is 12.5 Å². The molecule has 0 saturated heterocycles. The number of ether oxygens (including phenoxy) is 1. The highest BCUT2D eigenvalue weighted by Crippen LogP contribution is 2.42. The van der Waals surface area contributed by atoms with E-state index in [1.54, 1.807) is 13.0 Å². The van der Waals surface area contributed by atoms with Gasteiger partial charge in [0.1, 0.15) is 5.75 Å². The number of para-hydroxylation sites is 1. The maximum Gasteiger partial charge on any atom is 0.334 e. The molecule has 8 nitrogen and oxygen atoms in total. The molecule has 0 aliphatic carbocycles. The van der Waals surface area contributed by atoms with Crippen molar-refractivity contribution in [1.82, 2.24) is 0 Å². The number of nitro groups is 1. The van der Waals surface area contributed by atoms with Crippen LogP contribution < -0.4 is 4.74 Å². The van der Waals surface area contributed by atoms with Crippen LogP contribution in [0.2, 0.25) is 0 Å². The molecule has 0 heterocycles. The van der Waals surface area contributed by atoms with Gasteiger partial charge in [-0.05, 0) is 23.8 Å². The van der Waals surface area contributed by atoms with Gasteiger partial charge in [0.2, 0.25) is 0 Å². The summed E-state index contributed by atoms with van der Waals surface area (Å²) >= 11 is 0.877. The second kappa shape index (κ2) is 9.15. The number of nitro benzene ring substituents is 1. The molecule has 2 N–H and O–H groups in total. The van der Waals surface area contributed by atoms with Crippen molar-refractivity contribution in [3.8, 4) is 5.75 Å². The van der Waals surface area contributed by atoms with Gasteiger partial charge in [0.05, 0.1) is 15.1 Å². The molecular weight excluding hydrogens is 374 g/mol. The Kier molecular flexibility index (Phi) is 6.91. The molecule has 0 aromatic heterocycles. The van der Waals surface area contributed by atoms with Crippen LogP contribution in [0.25, 0.3) is 0 Å². The molecule has 2 rings (SSSR count). The molecule has 0 spiro atoms. The molecule has 2 aromatic rings. The first-order valence-electron chi connectivity index (χ1n) is 7.95. The van der Waals surface area contributed by atoms with E-state index in [1.807, 2.05) is 0 Å². The van der Waals surface area contributed by atoms with Crippen molar-refractivity contribution in [1.29, 1.82) is 0 Å². The number of rotatable bonds is 8. The monoisotopic (exact) mass is 391 g/mol. The SMILES string of the molecule is CCC(=O)Oc1ccc(C(Sc2ccccc2[N+](=O)[O-])C(O)C(=O)O)cc1. The van der Waals surface area contributed by atoms with Crippen molar-refractivity contribution < 1.29 is 29.5 Å². The molecule has 2 atom stereocenters. The van der Waals surface area contributed by atoms with Gasteiger partial charge >= 0.3 is 11.9 Å². The Hall–Kier alpha value is -2.91. The van der Waals surface area contributed by atoms with Crippen LogP contribution in [0.3, 0.4) is 0 Å². The normalized spacial score (nSPS) is 12.8. The van der Waals surface area contributed by atoms with E-state index >= 15 is 0 Å². The average Bonchev–Trinajstić information content (AvgIpc) is 2.66. The number of benzene rings is 2. The first-order valence-corrected chi connectivity index (χ1v) is 8.83. The molecule has 27 heavy (non-hydrogen) atoms. The zero-order valence-electron chi connectivity index (χ0n) is 14.3. The van der Waals surface area contributed by atoms with E-state index in [2.05, 4.69) is 0 Å². The van der Waals surface area contributed by atoms with Crippen molar-refractivity contribution in [2.45, 2.75) is 29.6 Å². The van der Waals surface area contributed by atoms with Gasteiger partial charge in [-0.25, -0.2) is 4.79 Å². The number of hydrogen-bond acceptors (Lipinski definition) is 7. The van der Waals surface area contributed by atoms with Gasteiger partial charge in [-0.2, -0.15) is 0 Å². The molecule has 2 aromatic carbocycles. The second-order valence-electron chi connectivity index (χ2n) is 5.44. The van der Waals surface area contributed by atoms with Crippen LogP contribution in [0, 0.1) is 10.1 Å². The van der Waals surface area contributed by atoms with E-state index in [1.165, 1.54) is 42.5 Å². The molecule has 2 unspecified atom stereocenters. The zero-order chi connectivity index (χ0) is 20.0. The summed E-state index contributed by atoms with van der Waals surface area (Å²) in [4.78, 5) is 33.5. The molecule has 9 heteroatoms. The molecule has 142 valence electrons. The van der Waals surface area contributed by atoms with Gasteiger partial charge in [0.25, 0.3) is 5.69 Å². The Balaban J connectivity index is 2.34. The molecule has 0 aliphatic heterocycles. The smallest absolute Gasteiger partial charge is 0.334 e. The summed E-state index contributed by atoms with van der Waals surface area (Å²) in [6.07, 6.45) is -1.59. The summed E-state index contributed by atoms with van der Waals surface area (Å²) in [7, 11) is 0. The zero-order valence-corrected chi connectivity index (χ0v) is 15.1. The fourth-order valence-corrected chi connectivity index (χ4v) is 3.45. The minimum absolute atomic E-state index is 0.182. The third-order valence-electron chi connectivity index (χ3n) is 3.58. The van der Waals surface area contributed by atoms with E-state index in [-0.39, 0.29) is 22.8 Å². The summed E-state index contributed by atoms with van der Waals surface area (Å²) in [5, 5.41) is 29.5. The summed E-state index contributed by atoms with van der Waals surface area (Å²) in [6.45, 7) is 1.65. The number of aliphatic hydroxyl groups is 1. The topological polar surface area (TPSA) is 127 Å². The Bertz CT molecular complexity index is 838. The highest BCUT2D eigenvalue weighted by atomic mass is 32.2. The lowest BCUT2D eigenvalue weighted by atomic mass is 10.1. The molecule has 0 amide bonds. The summed E-state index contributed by atoms with van der Waals surface area (Å²) in [5.74, 6) is -1.59. The average molecular weight is 391 g/mol. The largest absolute Gasteiger partial charge is 0.479 e. The Morgan fingerprint density at radius 2 is 1.81 bits per heavy atom. The van der Waals surface area contributed by atoms with Crippen molar-refractivity contribution >= 4 is 29.4 Å². The van der Waals surface area contributed by atoms with Gasteiger partial charge < -0.3 is 14.9 Å². The summed E-state index contributed by atoms with van der Waals surface area (Å²) in [5.41, 5.74) is 0.239. The number of carboxylic acids is 1. The maximum absolute atomic E-state index is 11.3. The van der Waals surface area contributed by atoms with E-state index in [0.717, 1.165) is 11.8 Å². The Labute approximate surface area is 158 Å². The Morgan fingerprint density at radius 1 is 1.19 bits per heavy atom. The Morgan fingerprint density at radius 3 is 2.37 bits per heavy atom. The van der Waals surface area contributed by atoms with Gasteiger partial charge in [-0.1, -0.05) is 31.2 Å².